The molecule has 1 aliphatic rings. The highest BCUT2D eigenvalue weighted by Crippen LogP contribution is 2.37. The molecule has 0 spiro atoms. The summed E-state index contributed by atoms with van der Waals surface area (Å²) in [7, 11) is 2.05. The predicted octanol–water partition coefficient (Wildman–Crippen LogP) is 5.19. The minimum atomic E-state index is 0.433. The zero-order valence-corrected chi connectivity index (χ0v) is 13.4. The second kappa shape index (κ2) is 6.40. The number of rotatable bonds is 3. The lowest BCUT2D eigenvalue weighted by Gasteiger charge is -2.33. The molecule has 1 nitrogen and oxygen atoms in total. The molecule has 1 fully saturated rings. The van der Waals surface area contributed by atoms with Crippen LogP contribution in [0.3, 0.4) is 0 Å². The maximum atomic E-state index is 6.20. The molecule has 3 heteroatoms. The molecule has 1 unspecified atom stereocenters. The van der Waals surface area contributed by atoms with Crippen LogP contribution in [0.5, 0.6) is 0 Å². The fourth-order valence-electron chi connectivity index (χ4n) is 3.00. The molecule has 1 atom stereocenters. The normalized spacial score (nSPS) is 26.0. The van der Waals surface area contributed by atoms with Gasteiger partial charge in [-0.25, -0.2) is 0 Å². The van der Waals surface area contributed by atoms with Gasteiger partial charge in [0, 0.05) is 10.5 Å². The van der Waals surface area contributed by atoms with Crippen LogP contribution in [-0.4, -0.2) is 7.05 Å². The van der Waals surface area contributed by atoms with Crippen LogP contribution in [0.15, 0.2) is 22.7 Å². The smallest absolute Gasteiger partial charge is 0.0551 e. The molecule has 1 aromatic carbocycles. The van der Waals surface area contributed by atoms with Gasteiger partial charge >= 0.3 is 0 Å². The minimum absolute atomic E-state index is 0.433. The molecule has 1 saturated carbocycles. The van der Waals surface area contributed by atoms with Gasteiger partial charge in [0.2, 0.25) is 0 Å². The van der Waals surface area contributed by atoms with Crippen LogP contribution in [0.4, 0.5) is 0 Å². The van der Waals surface area contributed by atoms with Crippen LogP contribution in [-0.2, 0) is 0 Å². The van der Waals surface area contributed by atoms with Crippen LogP contribution < -0.4 is 5.32 Å². The van der Waals surface area contributed by atoms with Crippen molar-refractivity contribution in [2.75, 3.05) is 7.05 Å². The molecule has 0 bridgehead atoms. The molecule has 0 aromatic heterocycles. The van der Waals surface area contributed by atoms with Crippen LogP contribution in [0, 0.1) is 11.8 Å². The third-order valence-corrected chi connectivity index (χ3v) is 5.38. The summed E-state index contributed by atoms with van der Waals surface area (Å²) in [5, 5.41) is 4.28. The lowest BCUT2D eigenvalue weighted by Crippen LogP contribution is -2.28. The Balaban J connectivity index is 2.14. The van der Waals surface area contributed by atoms with Gasteiger partial charge in [-0.05, 0) is 65.4 Å². The lowest BCUT2D eigenvalue weighted by molar-refractivity contribution is 0.238. The van der Waals surface area contributed by atoms with Crippen molar-refractivity contribution in [3.63, 3.8) is 0 Å². The van der Waals surface area contributed by atoms with Crippen LogP contribution >= 0.6 is 27.5 Å². The number of hydrogen-bond acceptors (Lipinski definition) is 1. The summed E-state index contributed by atoms with van der Waals surface area (Å²) in [6, 6.07) is 6.75. The zero-order chi connectivity index (χ0) is 13.1. The molecule has 0 saturated heterocycles. The monoisotopic (exact) mass is 329 g/mol. The van der Waals surface area contributed by atoms with Crippen LogP contribution in [0.25, 0.3) is 0 Å². The van der Waals surface area contributed by atoms with Crippen molar-refractivity contribution in [2.24, 2.45) is 11.8 Å². The van der Waals surface area contributed by atoms with Crippen molar-refractivity contribution in [3.05, 3.63) is 33.3 Å². The molecule has 1 aromatic rings. The van der Waals surface area contributed by atoms with E-state index in [0.29, 0.717) is 6.04 Å². The summed E-state index contributed by atoms with van der Waals surface area (Å²) < 4.78 is 0.972. The summed E-state index contributed by atoms with van der Waals surface area (Å²) in [6.45, 7) is 2.36. The number of nitrogens with one attached hydrogen (secondary N) is 1. The second-order valence-electron chi connectivity index (χ2n) is 5.46. The molecule has 1 aliphatic carbocycles. The van der Waals surface area contributed by atoms with Crippen LogP contribution in [0.1, 0.15) is 44.2 Å². The van der Waals surface area contributed by atoms with Gasteiger partial charge in [0.15, 0.2) is 0 Å². The standard InChI is InChI=1S/C15H21BrClN/c1-10-3-5-11(6-4-10)15(18-2)12-7-8-13(16)14(17)9-12/h7-11,15,18H,3-6H2,1-2H3. The maximum absolute atomic E-state index is 6.20. The highest BCUT2D eigenvalue weighted by atomic mass is 79.9. The fraction of sp³-hybridized carbons (Fsp3) is 0.600. The first-order valence-corrected chi connectivity index (χ1v) is 7.91. The van der Waals surface area contributed by atoms with Crippen molar-refractivity contribution in [1.82, 2.24) is 5.32 Å². The van der Waals surface area contributed by atoms with Gasteiger partial charge in [-0.1, -0.05) is 37.4 Å². The first-order valence-electron chi connectivity index (χ1n) is 6.74. The molecule has 1 N–H and O–H groups in total. The molecule has 0 radical (unpaired) electrons. The SMILES string of the molecule is CNC(c1ccc(Br)c(Cl)c1)C1CCC(C)CC1. The largest absolute Gasteiger partial charge is 0.313 e. The summed E-state index contributed by atoms with van der Waals surface area (Å²) in [5.74, 6) is 1.63. The van der Waals surface area contributed by atoms with E-state index in [1.807, 2.05) is 6.07 Å². The van der Waals surface area contributed by atoms with E-state index in [0.717, 1.165) is 21.3 Å². The molecule has 100 valence electrons. The van der Waals surface area contributed by atoms with E-state index in [1.165, 1.54) is 31.2 Å². The molecule has 2 rings (SSSR count). The van der Waals surface area contributed by atoms with E-state index in [2.05, 4.69) is 47.4 Å². The maximum Gasteiger partial charge on any atom is 0.0551 e. The third kappa shape index (κ3) is 3.28. The molecular weight excluding hydrogens is 310 g/mol. The Bertz CT molecular complexity index is 399. The van der Waals surface area contributed by atoms with Crippen LogP contribution in [0.2, 0.25) is 5.02 Å². The van der Waals surface area contributed by atoms with Crippen molar-refractivity contribution in [3.8, 4) is 0 Å². The average Bonchev–Trinajstić information content (AvgIpc) is 2.37. The summed E-state index contributed by atoms with van der Waals surface area (Å²) in [5.41, 5.74) is 1.31. The summed E-state index contributed by atoms with van der Waals surface area (Å²) in [6.07, 6.45) is 5.35. The van der Waals surface area contributed by atoms with E-state index < -0.39 is 0 Å². The third-order valence-electron chi connectivity index (χ3n) is 4.15. The summed E-state index contributed by atoms with van der Waals surface area (Å²) in [4.78, 5) is 0. The Morgan fingerprint density at radius 3 is 2.50 bits per heavy atom. The fourth-order valence-corrected chi connectivity index (χ4v) is 3.44. The Morgan fingerprint density at radius 2 is 1.94 bits per heavy atom. The Kier molecular flexibility index (Phi) is 5.11. The van der Waals surface area contributed by atoms with E-state index in [4.69, 9.17) is 11.6 Å². The molecule has 0 amide bonds. The first kappa shape index (κ1) is 14.4. The van der Waals surface area contributed by atoms with Crippen molar-refractivity contribution < 1.29 is 0 Å². The number of hydrogen-bond donors (Lipinski definition) is 1. The van der Waals surface area contributed by atoms with E-state index >= 15 is 0 Å². The molecular formula is C15H21BrClN. The lowest BCUT2D eigenvalue weighted by atomic mass is 9.77. The molecule has 18 heavy (non-hydrogen) atoms. The highest BCUT2D eigenvalue weighted by Gasteiger charge is 2.26. The van der Waals surface area contributed by atoms with Crippen molar-refractivity contribution >= 4 is 27.5 Å². The van der Waals surface area contributed by atoms with Gasteiger partial charge in [0.1, 0.15) is 0 Å². The quantitative estimate of drug-likeness (QED) is 0.804. The topological polar surface area (TPSA) is 12.0 Å². The van der Waals surface area contributed by atoms with Gasteiger partial charge < -0.3 is 5.32 Å². The second-order valence-corrected chi connectivity index (χ2v) is 6.72. The number of halogens is 2. The number of benzene rings is 1. The minimum Gasteiger partial charge on any atom is -0.313 e. The predicted molar refractivity (Wildman–Crippen MR) is 82.1 cm³/mol. The zero-order valence-electron chi connectivity index (χ0n) is 11.0. The Hall–Kier alpha value is -0.0500. The molecule has 0 aliphatic heterocycles. The first-order chi connectivity index (χ1) is 8.61. The van der Waals surface area contributed by atoms with E-state index in [1.54, 1.807) is 0 Å². The Labute approximate surface area is 123 Å². The van der Waals surface area contributed by atoms with Gasteiger partial charge in [-0.3, -0.25) is 0 Å². The van der Waals surface area contributed by atoms with E-state index in [9.17, 15) is 0 Å². The van der Waals surface area contributed by atoms with Gasteiger partial charge in [-0.15, -0.1) is 0 Å². The van der Waals surface area contributed by atoms with Gasteiger partial charge in [-0.2, -0.15) is 0 Å². The van der Waals surface area contributed by atoms with Gasteiger partial charge in [0.25, 0.3) is 0 Å². The summed E-state index contributed by atoms with van der Waals surface area (Å²) >= 11 is 9.65. The van der Waals surface area contributed by atoms with Gasteiger partial charge in [0.05, 0.1) is 5.02 Å². The molecule has 0 heterocycles. The van der Waals surface area contributed by atoms with E-state index in [-0.39, 0.29) is 0 Å². The highest BCUT2D eigenvalue weighted by molar-refractivity contribution is 9.10. The van der Waals surface area contributed by atoms with Crippen molar-refractivity contribution in [1.29, 1.82) is 0 Å². The Morgan fingerprint density at radius 1 is 1.28 bits per heavy atom. The van der Waals surface area contributed by atoms with Crippen molar-refractivity contribution in [2.45, 2.75) is 38.6 Å². The average molecular weight is 331 g/mol.